The minimum atomic E-state index is -4.57. The van der Waals surface area contributed by atoms with E-state index >= 15 is 0 Å². The fourth-order valence-corrected chi connectivity index (χ4v) is 3.71. The SMILES string of the molecule is Cc1cc(F)c(N=C(N)C2(C3=NC3)CC2)cc1S(=O)CC(F)(F)F. The molecule has 1 aliphatic carbocycles. The monoisotopic (exact) mass is 361 g/mol. The van der Waals surface area contributed by atoms with Crippen molar-refractivity contribution in [1.82, 2.24) is 0 Å². The number of benzene rings is 1. The quantitative estimate of drug-likeness (QED) is 0.498. The Labute approximate surface area is 138 Å². The third-order valence-corrected chi connectivity index (χ3v) is 5.65. The van der Waals surface area contributed by atoms with Crippen LogP contribution in [0.2, 0.25) is 0 Å². The predicted octanol–water partition coefficient (Wildman–Crippen LogP) is 3.03. The molecule has 1 heterocycles. The summed E-state index contributed by atoms with van der Waals surface area (Å²) < 4.78 is 63.4. The highest BCUT2D eigenvalue weighted by atomic mass is 32.2. The van der Waals surface area contributed by atoms with Crippen LogP contribution in [0.15, 0.2) is 27.0 Å². The van der Waals surface area contributed by atoms with Crippen LogP contribution in [0.5, 0.6) is 0 Å². The molecule has 4 nitrogen and oxygen atoms in total. The van der Waals surface area contributed by atoms with Crippen molar-refractivity contribution in [2.24, 2.45) is 21.1 Å². The first-order valence-electron chi connectivity index (χ1n) is 7.26. The van der Waals surface area contributed by atoms with E-state index in [1.54, 1.807) is 0 Å². The third-order valence-electron chi connectivity index (χ3n) is 4.13. The molecule has 1 aromatic carbocycles. The average molecular weight is 361 g/mol. The van der Waals surface area contributed by atoms with Crippen LogP contribution in [-0.2, 0) is 10.8 Å². The summed E-state index contributed by atoms with van der Waals surface area (Å²) >= 11 is 0. The van der Waals surface area contributed by atoms with Crippen molar-refractivity contribution in [3.05, 3.63) is 23.5 Å². The maximum atomic E-state index is 14.1. The Balaban J connectivity index is 1.93. The topological polar surface area (TPSA) is 67.8 Å². The number of hydrogen-bond donors (Lipinski definition) is 1. The summed E-state index contributed by atoms with van der Waals surface area (Å²) in [4.78, 5) is 8.08. The van der Waals surface area contributed by atoms with Crippen molar-refractivity contribution in [2.75, 3.05) is 12.3 Å². The van der Waals surface area contributed by atoms with Crippen molar-refractivity contribution in [1.29, 1.82) is 0 Å². The van der Waals surface area contributed by atoms with Crippen molar-refractivity contribution >= 4 is 28.0 Å². The van der Waals surface area contributed by atoms with Crippen molar-refractivity contribution in [3.63, 3.8) is 0 Å². The number of aryl methyl sites for hydroxylation is 1. The first-order chi connectivity index (χ1) is 11.1. The molecular weight excluding hydrogens is 346 g/mol. The number of nitrogens with zero attached hydrogens (tertiary/aromatic N) is 2. The van der Waals surface area contributed by atoms with Gasteiger partial charge < -0.3 is 5.73 Å². The molecule has 0 amide bonds. The molecule has 1 aliphatic heterocycles. The zero-order valence-electron chi connectivity index (χ0n) is 12.8. The normalized spacial score (nSPS) is 20.5. The molecule has 0 spiro atoms. The van der Waals surface area contributed by atoms with Crippen LogP contribution in [0.3, 0.4) is 0 Å². The maximum absolute atomic E-state index is 14.1. The molecule has 1 atom stereocenters. The van der Waals surface area contributed by atoms with Crippen molar-refractivity contribution in [3.8, 4) is 0 Å². The molecule has 9 heteroatoms. The van der Waals surface area contributed by atoms with Gasteiger partial charge in [-0.1, -0.05) is 0 Å². The van der Waals surface area contributed by atoms with Crippen molar-refractivity contribution in [2.45, 2.75) is 30.8 Å². The van der Waals surface area contributed by atoms with Gasteiger partial charge in [0.1, 0.15) is 23.1 Å². The number of rotatable bonds is 5. The van der Waals surface area contributed by atoms with E-state index < -0.39 is 34.0 Å². The van der Waals surface area contributed by atoms with Crippen LogP contribution in [-0.4, -0.2) is 34.2 Å². The van der Waals surface area contributed by atoms with E-state index in [1.807, 2.05) is 0 Å². The second-order valence-electron chi connectivity index (χ2n) is 6.02. The molecule has 1 saturated carbocycles. The summed E-state index contributed by atoms with van der Waals surface area (Å²) in [6, 6.07) is 2.12. The van der Waals surface area contributed by atoms with E-state index in [-0.39, 0.29) is 22.0 Å². The Morgan fingerprint density at radius 1 is 1.42 bits per heavy atom. The number of halogens is 4. The zero-order chi connectivity index (χ0) is 17.7. The van der Waals surface area contributed by atoms with Gasteiger partial charge in [-0.15, -0.1) is 0 Å². The van der Waals surface area contributed by atoms with Crippen LogP contribution >= 0.6 is 0 Å². The minimum absolute atomic E-state index is 0.0890. The highest BCUT2D eigenvalue weighted by Crippen LogP contribution is 2.50. The largest absolute Gasteiger partial charge is 0.400 e. The molecule has 1 unspecified atom stereocenters. The van der Waals surface area contributed by atoms with Gasteiger partial charge >= 0.3 is 6.18 Å². The Kier molecular flexibility index (Phi) is 4.01. The highest BCUT2D eigenvalue weighted by Gasteiger charge is 2.54. The van der Waals surface area contributed by atoms with Gasteiger partial charge in [-0.2, -0.15) is 13.2 Å². The molecule has 0 saturated heterocycles. The summed E-state index contributed by atoms with van der Waals surface area (Å²) in [5.74, 6) is -2.00. The van der Waals surface area contributed by atoms with Gasteiger partial charge in [-0.25, -0.2) is 9.38 Å². The van der Waals surface area contributed by atoms with Gasteiger partial charge in [-0.05, 0) is 37.5 Å². The van der Waals surface area contributed by atoms with Gasteiger partial charge in [0.05, 0.1) is 22.8 Å². The van der Waals surface area contributed by atoms with E-state index in [0.717, 1.165) is 30.7 Å². The van der Waals surface area contributed by atoms with E-state index in [0.29, 0.717) is 6.54 Å². The van der Waals surface area contributed by atoms with Crippen molar-refractivity contribution < 1.29 is 21.8 Å². The molecule has 3 rings (SSSR count). The summed E-state index contributed by atoms with van der Waals surface area (Å²) in [7, 11) is -2.33. The molecule has 2 N–H and O–H groups in total. The number of aliphatic imine (C=N–C) groups is 2. The molecule has 24 heavy (non-hydrogen) atoms. The smallest absolute Gasteiger partial charge is 0.386 e. The molecule has 2 aliphatic rings. The first-order valence-corrected chi connectivity index (χ1v) is 8.58. The molecule has 1 aromatic rings. The first kappa shape index (κ1) is 17.1. The van der Waals surface area contributed by atoms with E-state index in [9.17, 15) is 21.8 Å². The van der Waals surface area contributed by atoms with Crippen LogP contribution < -0.4 is 5.73 Å². The van der Waals surface area contributed by atoms with Gasteiger partial charge in [0, 0.05) is 10.6 Å². The summed E-state index contributed by atoms with van der Waals surface area (Å²) in [6.07, 6.45) is -3.01. The predicted molar refractivity (Wildman–Crippen MR) is 83.7 cm³/mol. The molecule has 1 fully saturated rings. The van der Waals surface area contributed by atoms with Gasteiger partial charge in [-0.3, -0.25) is 9.20 Å². The molecule has 130 valence electrons. The highest BCUT2D eigenvalue weighted by molar-refractivity contribution is 7.85. The molecule has 0 aromatic heterocycles. The second kappa shape index (κ2) is 5.65. The van der Waals surface area contributed by atoms with E-state index in [2.05, 4.69) is 9.98 Å². The fourth-order valence-electron chi connectivity index (χ4n) is 2.60. The zero-order valence-corrected chi connectivity index (χ0v) is 13.6. The maximum Gasteiger partial charge on any atom is 0.400 e. The fraction of sp³-hybridized carbons (Fsp3) is 0.467. The molecule has 0 radical (unpaired) electrons. The lowest BCUT2D eigenvalue weighted by Gasteiger charge is -2.12. The Morgan fingerprint density at radius 2 is 2.04 bits per heavy atom. The number of amidine groups is 1. The van der Waals surface area contributed by atoms with Gasteiger partial charge in [0.15, 0.2) is 0 Å². The van der Waals surface area contributed by atoms with Gasteiger partial charge in [0.25, 0.3) is 0 Å². The lowest BCUT2D eigenvalue weighted by atomic mass is 10.0. The summed E-state index contributed by atoms with van der Waals surface area (Å²) in [5, 5.41) is 0. The van der Waals surface area contributed by atoms with Crippen LogP contribution in [0.25, 0.3) is 0 Å². The Bertz CT molecular complexity index is 782. The van der Waals surface area contributed by atoms with E-state index in [4.69, 9.17) is 5.73 Å². The summed E-state index contributed by atoms with van der Waals surface area (Å²) in [5.41, 5.74) is 6.47. The molecule has 0 bridgehead atoms. The number of alkyl halides is 3. The second-order valence-corrected chi connectivity index (χ2v) is 7.44. The Morgan fingerprint density at radius 3 is 2.54 bits per heavy atom. The summed E-state index contributed by atoms with van der Waals surface area (Å²) in [6.45, 7) is 2.03. The number of nitrogens with two attached hydrogens (primary N) is 1. The third kappa shape index (κ3) is 3.35. The molecular formula is C15H15F4N3OS. The van der Waals surface area contributed by atoms with Crippen LogP contribution in [0.1, 0.15) is 18.4 Å². The standard InChI is InChI=1S/C15H15F4N3OS/c1-8-4-9(16)10(5-11(8)24(23)7-15(17,18)19)22-13(20)14(2-3-14)12-6-21-12/h4-5H,2-3,6-7H2,1H3,(H2,20,22). The van der Waals surface area contributed by atoms with Crippen LogP contribution in [0, 0.1) is 18.2 Å². The average Bonchev–Trinajstić information content (AvgIpc) is 3.32. The number of hydrogen-bond acceptors (Lipinski definition) is 3. The Hall–Kier alpha value is -1.77. The lowest BCUT2D eigenvalue weighted by molar-refractivity contribution is -0.105. The minimum Gasteiger partial charge on any atom is -0.386 e. The van der Waals surface area contributed by atoms with Crippen LogP contribution in [0.4, 0.5) is 23.2 Å². The van der Waals surface area contributed by atoms with E-state index in [1.165, 1.54) is 6.92 Å². The van der Waals surface area contributed by atoms with Gasteiger partial charge in [0.2, 0.25) is 0 Å². The lowest BCUT2D eigenvalue weighted by Crippen LogP contribution is -2.29.